The van der Waals surface area contributed by atoms with Crippen LogP contribution in [0.5, 0.6) is 0 Å². The van der Waals surface area contributed by atoms with Crippen LogP contribution < -0.4 is 5.32 Å². The maximum atomic E-state index is 12.1. The zero-order valence-corrected chi connectivity index (χ0v) is 10.7. The van der Waals surface area contributed by atoms with Crippen LogP contribution >= 0.6 is 11.6 Å². The molecule has 6 nitrogen and oxygen atoms in total. The summed E-state index contributed by atoms with van der Waals surface area (Å²) < 4.78 is 6.41. The highest BCUT2D eigenvalue weighted by atomic mass is 35.5. The molecule has 1 N–H and O–H groups in total. The normalized spacial score (nSPS) is 10.8. The van der Waals surface area contributed by atoms with Crippen molar-refractivity contribution in [2.45, 2.75) is 6.92 Å². The first kappa shape index (κ1) is 11.7. The molecular weight excluding hydrogens is 268 g/mol. The number of amides is 1. The Morgan fingerprint density at radius 3 is 3.00 bits per heavy atom. The molecule has 96 valence electrons. The van der Waals surface area contributed by atoms with Crippen molar-refractivity contribution < 1.29 is 9.32 Å². The number of carbonyl (C=O) groups is 1. The number of pyridine rings is 1. The molecule has 0 atom stereocenters. The van der Waals surface area contributed by atoms with Gasteiger partial charge in [0, 0.05) is 12.3 Å². The van der Waals surface area contributed by atoms with Gasteiger partial charge >= 0.3 is 0 Å². The molecule has 1 amide bonds. The molecule has 0 saturated carbocycles. The molecule has 3 heterocycles. The first-order chi connectivity index (χ1) is 9.15. The maximum Gasteiger partial charge on any atom is 0.279 e. The van der Waals surface area contributed by atoms with Crippen LogP contribution in [0.25, 0.3) is 5.52 Å². The van der Waals surface area contributed by atoms with E-state index in [4.69, 9.17) is 16.1 Å². The molecule has 0 radical (unpaired) electrons. The van der Waals surface area contributed by atoms with Gasteiger partial charge in [-0.15, -0.1) is 0 Å². The zero-order valence-electron chi connectivity index (χ0n) is 9.92. The van der Waals surface area contributed by atoms with E-state index >= 15 is 0 Å². The van der Waals surface area contributed by atoms with Crippen molar-refractivity contribution in [2.75, 3.05) is 5.32 Å². The Labute approximate surface area is 113 Å². The number of carbonyl (C=O) groups excluding carboxylic acids is 1. The van der Waals surface area contributed by atoms with Gasteiger partial charge in [-0.25, -0.2) is 4.52 Å². The van der Waals surface area contributed by atoms with Gasteiger partial charge in [-0.2, -0.15) is 5.10 Å². The lowest BCUT2D eigenvalue weighted by Gasteiger charge is -1.96. The van der Waals surface area contributed by atoms with Crippen molar-refractivity contribution in [3.63, 3.8) is 0 Å². The topological polar surface area (TPSA) is 72.4 Å². The van der Waals surface area contributed by atoms with Gasteiger partial charge in [0.25, 0.3) is 5.91 Å². The van der Waals surface area contributed by atoms with E-state index in [9.17, 15) is 4.79 Å². The minimum Gasteiger partial charge on any atom is -0.360 e. The summed E-state index contributed by atoms with van der Waals surface area (Å²) in [5.74, 6) is 0.508. The lowest BCUT2D eigenvalue weighted by atomic mass is 10.3. The lowest BCUT2D eigenvalue weighted by molar-refractivity contribution is 0.102. The number of hydrogen-bond acceptors (Lipinski definition) is 4. The largest absolute Gasteiger partial charge is 0.360 e. The van der Waals surface area contributed by atoms with Gasteiger partial charge in [-0.1, -0.05) is 22.8 Å². The first-order valence-corrected chi connectivity index (χ1v) is 5.90. The second kappa shape index (κ2) is 4.40. The third-order valence-corrected chi connectivity index (χ3v) is 2.94. The molecule has 0 aromatic carbocycles. The van der Waals surface area contributed by atoms with Crippen LogP contribution in [0.4, 0.5) is 5.82 Å². The molecule has 0 aliphatic carbocycles. The summed E-state index contributed by atoms with van der Waals surface area (Å²) in [7, 11) is 0. The van der Waals surface area contributed by atoms with Crippen LogP contribution in [0.1, 0.15) is 16.2 Å². The Balaban J connectivity index is 1.95. The highest BCUT2D eigenvalue weighted by Gasteiger charge is 2.18. The van der Waals surface area contributed by atoms with Gasteiger partial charge in [0.05, 0.1) is 10.5 Å². The van der Waals surface area contributed by atoms with Gasteiger partial charge in [0.15, 0.2) is 11.5 Å². The van der Waals surface area contributed by atoms with E-state index in [1.165, 1.54) is 0 Å². The average Bonchev–Trinajstić information content (AvgIpc) is 2.94. The first-order valence-electron chi connectivity index (χ1n) is 5.52. The Morgan fingerprint density at radius 1 is 1.47 bits per heavy atom. The number of aromatic nitrogens is 3. The van der Waals surface area contributed by atoms with E-state index in [0.29, 0.717) is 22.1 Å². The monoisotopic (exact) mass is 276 g/mol. The van der Waals surface area contributed by atoms with E-state index in [2.05, 4.69) is 15.6 Å². The van der Waals surface area contributed by atoms with E-state index < -0.39 is 5.91 Å². The number of hydrogen-bond donors (Lipinski definition) is 1. The standard InChI is InChI=1S/C12H9ClN4O2/c1-7-6-9(16-19-7)14-12(18)11-10(13)8-4-2-3-5-17(8)15-11/h2-6H,1H3,(H,14,16,18). The molecule has 0 aliphatic rings. The van der Waals surface area contributed by atoms with Crippen LogP contribution in [0, 0.1) is 6.92 Å². The third-order valence-electron chi connectivity index (χ3n) is 2.56. The van der Waals surface area contributed by atoms with Crippen LogP contribution in [-0.2, 0) is 0 Å². The molecule has 0 unspecified atom stereocenters. The highest BCUT2D eigenvalue weighted by Crippen LogP contribution is 2.22. The summed E-state index contributed by atoms with van der Waals surface area (Å²) >= 11 is 6.14. The second-order valence-electron chi connectivity index (χ2n) is 3.97. The van der Waals surface area contributed by atoms with Crippen molar-refractivity contribution in [2.24, 2.45) is 0 Å². The molecule has 0 saturated heterocycles. The SMILES string of the molecule is Cc1cc(NC(=O)c2nn3ccccc3c2Cl)no1. The predicted octanol–water partition coefficient (Wildman–Crippen LogP) is 2.54. The molecule has 3 aromatic heterocycles. The summed E-state index contributed by atoms with van der Waals surface area (Å²) in [6.45, 7) is 1.74. The number of rotatable bonds is 2. The molecular formula is C12H9ClN4O2. The third kappa shape index (κ3) is 2.06. The lowest BCUT2D eigenvalue weighted by Crippen LogP contribution is -2.13. The quantitative estimate of drug-likeness (QED) is 0.781. The summed E-state index contributed by atoms with van der Waals surface area (Å²) in [4.78, 5) is 12.1. The molecule has 19 heavy (non-hydrogen) atoms. The van der Waals surface area contributed by atoms with Crippen molar-refractivity contribution in [3.8, 4) is 0 Å². The fourth-order valence-electron chi connectivity index (χ4n) is 1.71. The molecule has 0 fully saturated rings. The number of fused-ring (bicyclic) bond motifs is 1. The van der Waals surface area contributed by atoms with Crippen molar-refractivity contribution >= 4 is 28.8 Å². The van der Waals surface area contributed by atoms with E-state index in [0.717, 1.165) is 0 Å². The summed E-state index contributed by atoms with van der Waals surface area (Å²) in [6, 6.07) is 7.03. The van der Waals surface area contributed by atoms with Gasteiger partial charge in [0.2, 0.25) is 0 Å². The number of nitrogens with zero attached hydrogens (tertiary/aromatic N) is 3. The van der Waals surface area contributed by atoms with Crippen LogP contribution in [0.3, 0.4) is 0 Å². The van der Waals surface area contributed by atoms with E-state index in [-0.39, 0.29) is 5.69 Å². The predicted molar refractivity (Wildman–Crippen MR) is 69.4 cm³/mol. The molecule has 7 heteroatoms. The minimum atomic E-state index is -0.429. The van der Waals surface area contributed by atoms with Gasteiger partial charge in [-0.05, 0) is 19.1 Å². The van der Waals surface area contributed by atoms with E-state index in [1.54, 1.807) is 35.8 Å². The molecule has 0 bridgehead atoms. The highest BCUT2D eigenvalue weighted by molar-refractivity contribution is 6.37. The van der Waals surface area contributed by atoms with Gasteiger partial charge in [-0.3, -0.25) is 4.79 Å². The van der Waals surface area contributed by atoms with Gasteiger partial charge < -0.3 is 9.84 Å². The number of aryl methyl sites for hydroxylation is 1. The Hall–Kier alpha value is -2.34. The van der Waals surface area contributed by atoms with Crippen molar-refractivity contribution in [1.29, 1.82) is 0 Å². The Bertz CT molecular complexity index is 762. The van der Waals surface area contributed by atoms with Crippen LogP contribution in [0.2, 0.25) is 5.02 Å². The van der Waals surface area contributed by atoms with E-state index in [1.807, 2.05) is 6.07 Å². The molecule has 0 aliphatic heterocycles. The number of halogens is 1. The summed E-state index contributed by atoms with van der Waals surface area (Å²) in [5, 5.41) is 10.7. The fourth-order valence-corrected chi connectivity index (χ4v) is 1.99. The van der Waals surface area contributed by atoms with Gasteiger partial charge in [0.1, 0.15) is 5.76 Å². The fraction of sp³-hybridized carbons (Fsp3) is 0.0833. The van der Waals surface area contributed by atoms with Crippen LogP contribution in [0.15, 0.2) is 35.0 Å². The minimum absolute atomic E-state index is 0.147. The molecule has 0 spiro atoms. The molecule has 3 rings (SSSR count). The number of anilines is 1. The average molecular weight is 277 g/mol. The van der Waals surface area contributed by atoms with Crippen molar-refractivity contribution in [1.82, 2.24) is 14.8 Å². The Morgan fingerprint density at radius 2 is 2.32 bits per heavy atom. The summed E-state index contributed by atoms with van der Waals surface area (Å²) in [5.41, 5.74) is 0.819. The molecule has 3 aromatic rings. The maximum absolute atomic E-state index is 12.1. The summed E-state index contributed by atoms with van der Waals surface area (Å²) in [6.07, 6.45) is 1.72. The van der Waals surface area contributed by atoms with Crippen molar-refractivity contribution in [3.05, 3.63) is 46.9 Å². The van der Waals surface area contributed by atoms with Crippen LogP contribution in [-0.4, -0.2) is 20.7 Å². The Kier molecular flexibility index (Phi) is 2.72. The second-order valence-corrected chi connectivity index (χ2v) is 4.35. The number of nitrogens with one attached hydrogen (secondary N) is 1. The zero-order chi connectivity index (χ0) is 13.4. The smallest absolute Gasteiger partial charge is 0.279 e.